The molecule has 0 radical (unpaired) electrons. The van der Waals surface area contributed by atoms with Crippen molar-refractivity contribution in [3.05, 3.63) is 27.2 Å². The zero-order valence-electron chi connectivity index (χ0n) is 13.7. The number of aryl methyl sites for hydroxylation is 1. The van der Waals surface area contributed by atoms with Gasteiger partial charge in [-0.05, 0) is 63.4 Å². The Hall–Kier alpha value is -1.65. The number of fused-ring (bicyclic) bond motifs is 1. The first-order valence-electron chi connectivity index (χ1n) is 8.36. The van der Waals surface area contributed by atoms with Crippen LogP contribution in [0.25, 0.3) is 0 Å². The van der Waals surface area contributed by atoms with Crippen LogP contribution in [0.5, 0.6) is 0 Å². The molecule has 5 nitrogen and oxygen atoms in total. The van der Waals surface area contributed by atoms with E-state index in [0.29, 0.717) is 23.2 Å². The van der Waals surface area contributed by atoms with Gasteiger partial charge in [-0.1, -0.05) is 6.92 Å². The van der Waals surface area contributed by atoms with Gasteiger partial charge in [0, 0.05) is 12.6 Å². The number of rotatable bonds is 1. The number of aromatic amines is 1. The molecule has 1 aliphatic heterocycles. The Balaban J connectivity index is 1.92. The average molecular weight is 303 g/mol. The normalized spacial score (nSPS) is 28.3. The monoisotopic (exact) mass is 303 g/mol. The number of likely N-dealkylation sites (tertiary alicyclic amines) is 1. The lowest BCUT2D eigenvalue weighted by Crippen LogP contribution is -2.51. The molecule has 0 bridgehead atoms. The zero-order valence-corrected chi connectivity index (χ0v) is 13.7. The van der Waals surface area contributed by atoms with Gasteiger partial charge in [-0.25, -0.2) is 5.10 Å². The van der Waals surface area contributed by atoms with E-state index < -0.39 is 0 Å². The minimum Gasteiger partial charge on any atom is -0.335 e. The first kappa shape index (κ1) is 15.3. The van der Waals surface area contributed by atoms with Crippen LogP contribution in [0.4, 0.5) is 0 Å². The van der Waals surface area contributed by atoms with Crippen LogP contribution in [0.15, 0.2) is 4.79 Å². The second-order valence-electron chi connectivity index (χ2n) is 7.02. The third kappa shape index (κ3) is 2.57. The molecule has 22 heavy (non-hydrogen) atoms. The zero-order chi connectivity index (χ0) is 15.9. The van der Waals surface area contributed by atoms with E-state index in [9.17, 15) is 9.59 Å². The molecular weight excluding hydrogens is 278 g/mol. The molecule has 1 amide bonds. The molecule has 1 N–H and O–H groups in total. The molecule has 3 unspecified atom stereocenters. The van der Waals surface area contributed by atoms with Crippen molar-refractivity contribution in [1.29, 1.82) is 0 Å². The molecule has 0 spiro atoms. The number of aromatic nitrogens is 2. The summed E-state index contributed by atoms with van der Waals surface area (Å²) in [6.45, 7) is 6.71. The lowest BCUT2D eigenvalue weighted by Gasteiger charge is -2.45. The van der Waals surface area contributed by atoms with Crippen molar-refractivity contribution in [3.8, 4) is 0 Å². The molecule has 1 aliphatic carbocycles. The van der Waals surface area contributed by atoms with Crippen molar-refractivity contribution in [3.63, 3.8) is 0 Å². The lowest BCUT2D eigenvalue weighted by atomic mass is 9.74. The summed E-state index contributed by atoms with van der Waals surface area (Å²) in [5.41, 5.74) is 1.35. The fraction of sp³-hybridized carbons (Fsp3) is 0.706. The van der Waals surface area contributed by atoms with Gasteiger partial charge in [0.15, 0.2) is 0 Å². The third-order valence-corrected chi connectivity index (χ3v) is 5.52. The Labute approximate surface area is 131 Å². The summed E-state index contributed by atoms with van der Waals surface area (Å²) in [7, 11) is 0. The van der Waals surface area contributed by atoms with Crippen LogP contribution in [-0.4, -0.2) is 33.6 Å². The molecule has 1 saturated heterocycles. The van der Waals surface area contributed by atoms with Crippen molar-refractivity contribution in [2.75, 3.05) is 6.54 Å². The van der Waals surface area contributed by atoms with Crippen molar-refractivity contribution in [1.82, 2.24) is 15.1 Å². The molecule has 3 atom stereocenters. The molecule has 0 aromatic carbocycles. The smallest absolute Gasteiger partial charge is 0.277 e. The predicted molar refractivity (Wildman–Crippen MR) is 84.9 cm³/mol. The van der Waals surface area contributed by atoms with Gasteiger partial charge in [0.25, 0.3) is 11.5 Å². The molecule has 2 heterocycles. The van der Waals surface area contributed by atoms with Crippen LogP contribution < -0.4 is 5.56 Å². The maximum absolute atomic E-state index is 13.0. The third-order valence-electron chi connectivity index (χ3n) is 5.52. The van der Waals surface area contributed by atoms with Gasteiger partial charge in [-0.15, -0.1) is 0 Å². The summed E-state index contributed by atoms with van der Waals surface area (Å²) in [5.74, 6) is 1.25. The van der Waals surface area contributed by atoms with Crippen molar-refractivity contribution in [2.45, 2.75) is 58.9 Å². The second kappa shape index (κ2) is 5.86. The fourth-order valence-electron chi connectivity index (χ4n) is 4.17. The number of piperidine rings is 1. The number of nitrogens with one attached hydrogen (secondary N) is 1. The van der Waals surface area contributed by atoms with Gasteiger partial charge in [0.1, 0.15) is 5.56 Å². The highest BCUT2D eigenvalue weighted by atomic mass is 16.2. The topological polar surface area (TPSA) is 66.1 Å². The first-order chi connectivity index (χ1) is 10.5. The standard InChI is InChI=1S/C17H25N3O2/c1-10-6-7-14-13(9-10)5-4-8-20(14)17(22)15-11(2)12(3)18-19-16(15)21/h10,13-14H,4-9H2,1-3H3,(H,19,21). The number of nitrogens with zero attached hydrogens (tertiary/aromatic N) is 2. The van der Waals surface area contributed by atoms with Gasteiger partial charge < -0.3 is 4.90 Å². The van der Waals surface area contributed by atoms with Crippen LogP contribution in [0, 0.1) is 25.7 Å². The van der Waals surface area contributed by atoms with Gasteiger partial charge in [0.05, 0.1) is 5.69 Å². The molecule has 1 saturated carbocycles. The molecule has 3 rings (SSSR count). The van der Waals surface area contributed by atoms with Crippen LogP contribution >= 0.6 is 0 Å². The van der Waals surface area contributed by atoms with E-state index in [1.165, 1.54) is 19.3 Å². The van der Waals surface area contributed by atoms with Gasteiger partial charge >= 0.3 is 0 Å². The summed E-state index contributed by atoms with van der Waals surface area (Å²) < 4.78 is 0. The summed E-state index contributed by atoms with van der Waals surface area (Å²) in [6.07, 6.45) is 5.71. The molecule has 2 aliphatic rings. The fourth-order valence-corrected chi connectivity index (χ4v) is 4.17. The Morgan fingerprint density at radius 3 is 2.82 bits per heavy atom. The predicted octanol–water partition coefficient (Wildman–Crippen LogP) is 2.43. The van der Waals surface area contributed by atoms with E-state index in [0.717, 1.165) is 25.3 Å². The number of carbonyl (C=O) groups is 1. The van der Waals surface area contributed by atoms with Gasteiger partial charge in [-0.3, -0.25) is 9.59 Å². The van der Waals surface area contributed by atoms with E-state index in [1.807, 2.05) is 18.7 Å². The van der Waals surface area contributed by atoms with Crippen molar-refractivity contribution >= 4 is 5.91 Å². The van der Waals surface area contributed by atoms with Crippen LogP contribution in [0.3, 0.4) is 0 Å². The Kier molecular flexibility index (Phi) is 4.06. The van der Waals surface area contributed by atoms with E-state index in [2.05, 4.69) is 17.1 Å². The van der Waals surface area contributed by atoms with E-state index in [4.69, 9.17) is 0 Å². The Bertz CT molecular complexity index is 637. The largest absolute Gasteiger partial charge is 0.335 e. The number of hydrogen-bond acceptors (Lipinski definition) is 3. The number of amides is 1. The Morgan fingerprint density at radius 2 is 2.05 bits per heavy atom. The Morgan fingerprint density at radius 1 is 1.27 bits per heavy atom. The minimum absolute atomic E-state index is 0.103. The summed E-state index contributed by atoms with van der Waals surface area (Å²) >= 11 is 0. The maximum atomic E-state index is 13.0. The van der Waals surface area contributed by atoms with E-state index in [1.54, 1.807) is 0 Å². The molecular formula is C17H25N3O2. The summed E-state index contributed by atoms with van der Waals surface area (Å²) in [4.78, 5) is 27.1. The highest BCUT2D eigenvalue weighted by Gasteiger charge is 2.38. The van der Waals surface area contributed by atoms with Crippen LogP contribution in [0.1, 0.15) is 60.6 Å². The van der Waals surface area contributed by atoms with E-state index >= 15 is 0 Å². The molecule has 120 valence electrons. The van der Waals surface area contributed by atoms with Gasteiger partial charge in [0.2, 0.25) is 0 Å². The average Bonchev–Trinajstić information content (AvgIpc) is 2.50. The molecule has 2 fully saturated rings. The number of H-pyrrole nitrogens is 1. The van der Waals surface area contributed by atoms with Gasteiger partial charge in [-0.2, -0.15) is 5.10 Å². The second-order valence-corrected chi connectivity index (χ2v) is 7.02. The molecule has 5 heteroatoms. The SMILES string of the molecule is Cc1n[nH]c(=O)c(C(=O)N2CCCC3CC(C)CCC32)c1C. The van der Waals surface area contributed by atoms with Crippen LogP contribution in [-0.2, 0) is 0 Å². The van der Waals surface area contributed by atoms with Crippen molar-refractivity contribution in [2.24, 2.45) is 11.8 Å². The summed E-state index contributed by atoms with van der Waals surface area (Å²) in [5, 5.41) is 6.40. The maximum Gasteiger partial charge on any atom is 0.277 e. The number of hydrogen-bond donors (Lipinski definition) is 1. The van der Waals surface area contributed by atoms with Crippen molar-refractivity contribution < 1.29 is 4.79 Å². The summed E-state index contributed by atoms with van der Waals surface area (Å²) in [6, 6.07) is 0.310. The first-order valence-corrected chi connectivity index (χ1v) is 8.36. The minimum atomic E-state index is -0.362. The van der Waals surface area contributed by atoms with Crippen LogP contribution in [0.2, 0.25) is 0 Å². The molecule has 1 aromatic heterocycles. The quantitative estimate of drug-likeness (QED) is 0.866. The molecule has 1 aromatic rings. The highest BCUT2D eigenvalue weighted by molar-refractivity contribution is 5.95. The van der Waals surface area contributed by atoms with E-state index in [-0.39, 0.29) is 17.0 Å². The lowest BCUT2D eigenvalue weighted by molar-refractivity contribution is 0.0319. The number of carbonyl (C=O) groups excluding carboxylic acids is 1. The highest BCUT2D eigenvalue weighted by Crippen LogP contribution is 2.38.